The summed E-state index contributed by atoms with van der Waals surface area (Å²) in [5, 5.41) is 7.58. The van der Waals surface area contributed by atoms with Gasteiger partial charge in [0.2, 0.25) is 0 Å². The lowest BCUT2D eigenvalue weighted by Gasteiger charge is -2.27. The van der Waals surface area contributed by atoms with Crippen molar-refractivity contribution in [2.24, 2.45) is 11.6 Å². The largest absolute Gasteiger partial charge is 0.416 e. The van der Waals surface area contributed by atoms with Gasteiger partial charge < -0.3 is 26.2 Å². The summed E-state index contributed by atoms with van der Waals surface area (Å²) in [7, 11) is 3.71. The standard InChI is InChI=1S/C28H37F3N8OS/c1-6-37(5)10-11-38(7-2)22-14-20(28(29,30)31)13-21(15-22)36-26(40)19-9-8-18(3)24(12-19)39(33)17-23(32)25-16-35-27(34-4)41-25/h8-9,12-17H,6-7,10-11,32-33H2,1-5H3,(H,34,35)(H,36,40)/b23-17-. The van der Waals surface area contributed by atoms with Gasteiger partial charge in [-0.05, 0) is 63.3 Å². The average molecular weight is 591 g/mol. The maximum atomic E-state index is 13.8. The third kappa shape index (κ3) is 8.35. The highest BCUT2D eigenvalue weighted by Gasteiger charge is 2.32. The van der Waals surface area contributed by atoms with E-state index in [1.807, 2.05) is 32.7 Å². The smallest absolute Gasteiger partial charge is 0.396 e. The third-order valence-electron chi connectivity index (χ3n) is 6.57. The van der Waals surface area contributed by atoms with Crippen LogP contribution in [-0.2, 0) is 6.18 Å². The maximum Gasteiger partial charge on any atom is 0.416 e. The first-order valence-corrected chi connectivity index (χ1v) is 13.9. The number of nitrogens with one attached hydrogen (secondary N) is 2. The zero-order valence-electron chi connectivity index (χ0n) is 23.8. The van der Waals surface area contributed by atoms with Crippen LogP contribution in [0.1, 0.15) is 40.2 Å². The molecule has 0 aliphatic carbocycles. The Morgan fingerprint density at radius 3 is 2.46 bits per heavy atom. The van der Waals surface area contributed by atoms with E-state index in [-0.39, 0.29) is 11.3 Å². The van der Waals surface area contributed by atoms with Crippen molar-refractivity contribution in [1.82, 2.24) is 9.88 Å². The SMILES string of the molecule is CCN(C)CCN(CC)c1cc(NC(=O)c2ccc(C)c(N(N)/C=C(\N)c3cnc(NC)s3)c2)cc(C(F)(F)F)c1. The molecule has 9 nitrogen and oxygen atoms in total. The molecule has 0 aliphatic heterocycles. The lowest BCUT2D eigenvalue weighted by atomic mass is 10.1. The second kappa shape index (κ2) is 13.7. The van der Waals surface area contributed by atoms with Gasteiger partial charge in [-0.15, -0.1) is 0 Å². The highest BCUT2D eigenvalue weighted by atomic mass is 32.1. The van der Waals surface area contributed by atoms with Crippen LogP contribution >= 0.6 is 11.3 Å². The summed E-state index contributed by atoms with van der Waals surface area (Å²) in [5.74, 6) is 5.70. The van der Waals surface area contributed by atoms with Gasteiger partial charge in [-0.25, -0.2) is 10.8 Å². The van der Waals surface area contributed by atoms with Crippen molar-refractivity contribution in [1.29, 1.82) is 0 Å². The zero-order chi connectivity index (χ0) is 30.3. The fourth-order valence-corrected chi connectivity index (χ4v) is 4.68. The van der Waals surface area contributed by atoms with E-state index in [0.29, 0.717) is 46.7 Å². The predicted molar refractivity (Wildman–Crippen MR) is 162 cm³/mol. The summed E-state index contributed by atoms with van der Waals surface area (Å²) >= 11 is 1.36. The summed E-state index contributed by atoms with van der Waals surface area (Å²) in [6, 6.07) is 8.47. The molecule has 13 heteroatoms. The fourth-order valence-electron chi connectivity index (χ4n) is 3.99. The first-order chi connectivity index (χ1) is 19.4. The number of hydrogen-bond donors (Lipinski definition) is 4. The number of anilines is 4. The molecule has 1 amide bonds. The molecule has 1 aromatic heterocycles. The van der Waals surface area contributed by atoms with E-state index in [4.69, 9.17) is 11.6 Å². The Labute approximate surface area is 242 Å². The minimum Gasteiger partial charge on any atom is -0.396 e. The molecule has 0 unspecified atom stereocenters. The van der Waals surface area contributed by atoms with E-state index < -0.39 is 17.6 Å². The molecule has 0 bridgehead atoms. The number of thiazole rings is 1. The molecule has 3 rings (SSSR count). The van der Waals surface area contributed by atoms with Crippen LogP contribution in [0.15, 0.2) is 48.8 Å². The number of hydrazine groups is 1. The molecule has 0 fully saturated rings. The number of alkyl halides is 3. The molecule has 41 heavy (non-hydrogen) atoms. The predicted octanol–water partition coefficient (Wildman–Crippen LogP) is 5.18. The molecule has 0 saturated heterocycles. The topological polar surface area (TPSA) is 116 Å². The van der Waals surface area contributed by atoms with Gasteiger partial charge in [0.25, 0.3) is 5.91 Å². The fraction of sp³-hybridized carbons (Fsp3) is 0.357. The number of likely N-dealkylation sites (N-methyl/N-ethyl adjacent to an activating group) is 2. The maximum absolute atomic E-state index is 13.8. The molecular weight excluding hydrogens is 553 g/mol. The monoisotopic (exact) mass is 590 g/mol. The summed E-state index contributed by atoms with van der Waals surface area (Å²) in [6.45, 7) is 8.27. The Morgan fingerprint density at radius 1 is 1.12 bits per heavy atom. The number of rotatable bonds is 12. The van der Waals surface area contributed by atoms with E-state index in [2.05, 4.69) is 20.5 Å². The van der Waals surface area contributed by atoms with Crippen LogP contribution in [0.25, 0.3) is 5.70 Å². The number of aryl methyl sites for hydroxylation is 1. The van der Waals surface area contributed by atoms with Crippen molar-refractivity contribution in [2.75, 3.05) is 60.8 Å². The summed E-state index contributed by atoms with van der Waals surface area (Å²) in [4.78, 5) is 22.1. The lowest BCUT2D eigenvalue weighted by Crippen LogP contribution is -2.33. The van der Waals surface area contributed by atoms with Gasteiger partial charge in [0.05, 0.1) is 21.8 Å². The van der Waals surface area contributed by atoms with Crippen molar-refractivity contribution in [3.8, 4) is 0 Å². The molecule has 0 aliphatic rings. The van der Waals surface area contributed by atoms with Gasteiger partial charge >= 0.3 is 6.18 Å². The number of carbonyl (C=O) groups excluding carboxylic acids is 1. The second-order valence-corrected chi connectivity index (χ2v) is 10.5. The number of benzene rings is 2. The summed E-state index contributed by atoms with van der Waals surface area (Å²) in [5.41, 5.74) is 7.66. The number of nitrogens with zero attached hydrogens (tertiary/aromatic N) is 4. The van der Waals surface area contributed by atoms with Crippen LogP contribution in [0, 0.1) is 6.92 Å². The van der Waals surface area contributed by atoms with Gasteiger partial charge in [-0.3, -0.25) is 9.80 Å². The zero-order valence-corrected chi connectivity index (χ0v) is 24.7. The number of halogens is 3. The van der Waals surface area contributed by atoms with E-state index in [0.717, 1.165) is 24.2 Å². The van der Waals surface area contributed by atoms with Crippen LogP contribution in [0.4, 0.5) is 35.4 Å². The molecule has 0 radical (unpaired) electrons. The number of carbonyl (C=O) groups is 1. The van der Waals surface area contributed by atoms with E-state index in [9.17, 15) is 18.0 Å². The molecule has 6 N–H and O–H groups in total. The lowest BCUT2D eigenvalue weighted by molar-refractivity contribution is -0.137. The Hall–Kier alpha value is -3.81. The Morgan fingerprint density at radius 2 is 1.85 bits per heavy atom. The summed E-state index contributed by atoms with van der Waals surface area (Å²) in [6.07, 6.45) is -1.44. The molecule has 0 saturated carbocycles. The second-order valence-electron chi connectivity index (χ2n) is 9.47. The highest BCUT2D eigenvalue weighted by molar-refractivity contribution is 7.16. The highest BCUT2D eigenvalue weighted by Crippen LogP contribution is 2.35. The third-order valence-corrected chi connectivity index (χ3v) is 7.64. The summed E-state index contributed by atoms with van der Waals surface area (Å²) < 4.78 is 41.4. The van der Waals surface area contributed by atoms with Gasteiger partial charge in [-0.2, -0.15) is 13.2 Å². The normalized spacial score (nSPS) is 12.0. The number of amides is 1. The average Bonchev–Trinajstić information content (AvgIpc) is 3.42. The van der Waals surface area contributed by atoms with E-state index in [1.54, 1.807) is 37.5 Å². The molecule has 3 aromatic rings. The minimum absolute atomic E-state index is 0.0449. The molecule has 0 spiro atoms. The minimum atomic E-state index is -4.58. The first kappa shape index (κ1) is 31.7. The van der Waals surface area contributed by atoms with Crippen molar-refractivity contribution in [2.45, 2.75) is 26.9 Å². The van der Waals surface area contributed by atoms with Gasteiger partial charge in [0, 0.05) is 56.0 Å². The van der Waals surface area contributed by atoms with E-state index in [1.165, 1.54) is 22.5 Å². The number of aromatic nitrogens is 1. The number of nitrogens with two attached hydrogens (primary N) is 2. The molecule has 0 atom stereocenters. The van der Waals surface area contributed by atoms with Crippen LogP contribution in [0.2, 0.25) is 0 Å². The van der Waals surface area contributed by atoms with Crippen LogP contribution in [0.3, 0.4) is 0 Å². The van der Waals surface area contributed by atoms with Crippen molar-refractivity contribution in [3.05, 3.63) is 70.4 Å². The number of hydrogen-bond acceptors (Lipinski definition) is 9. The van der Waals surface area contributed by atoms with Gasteiger partial charge in [0.1, 0.15) is 0 Å². The molecular formula is C28H37F3N8OS. The first-order valence-electron chi connectivity index (χ1n) is 13.1. The van der Waals surface area contributed by atoms with Crippen molar-refractivity contribution in [3.63, 3.8) is 0 Å². The van der Waals surface area contributed by atoms with Crippen molar-refractivity contribution < 1.29 is 18.0 Å². The Bertz CT molecular complexity index is 1370. The van der Waals surface area contributed by atoms with Crippen LogP contribution in [-0.4, -0.2) is 56.1 Å². The molecule has 2 aromatic carbocycles. The molecule has 1 heterocycles. The quantitative estimate of drug-likeness (QED) is 0.169. The Balaban J connectivity index is 1.88. The van der Waals surface area contributed by atoms with Crippen LogP contribution < -0.4 is 32.1 Å². The van der Waals surface area contributed by atoms with Crippen molar-refractivity contribution >= 4 is 45.1 Å². The van der Waals surface area contributed by atoms with Gasteiger partial charge in [0.15, 0.2) is 5.13 Å². The van der Waals surface area contributed by atoms with Gasteiger partial charge in [-0.1, -0.05) is 24.3 Å². The van der Waals surface area contributed by atoms with Crippen LogP contribution in [0.5, 0.6) is 0 Å². The molecule has 222 valence electrons. The Kier molecular flexibility index (Phi) is 10.6. The van der Waals surface area contributed by atoms with E-state index >= 15 is 0 Å².